The number of amides is 2. The molecule has 128 valence electrons. The summed E-state index contributed by atoms with van der Waals surface area (Å²) >= 11 is 0. The molecule has 0 unspecified atom stereocenters. The molecule has 0 radical (unpaired) electrons. The number of hydrogen-bond donors (Lipinski definition) is 0. The summed E-state index contributed by atoms with van der Waals surface area (Å²) in [5.41, 5.74) is 0.693. The summed E-state index contributed by atoms with van der Waals surface area (Å²) in [5.74, 6) is 0.133. The first kappa shape index (κ1) is 16.5. The topological polar surface area (TPSA) is 66.9 Å². The van der Waals surface area contributed by atoms with Gasteiger partial charge >= 0.3 is 6.09 Å². The third-order valence-corrected chi connectivity index (χ3v) is 4.64. The van der Waals surface area contributed by atoms with Gasteiger partial charge in [0.2, 0.25) is 5.91 Å². The summed E-state index contributed by atoms with van der Waals surface area (Å²) in [6.45, 7) is 2.28. The van der Waals surface area contributed by atoms with Gasteiger partial charge in [0.25, 0.3) is 0 Å². The van der Waals surface area contributed by atoms with Gasteiger partial charge in [-0.25, -0.2) is 4.79 Å². The van der Waals surface area contributed by atoms with Crippen molar-refractivity contribution in [3.05, 3.63) is 35.9 Å². The van der Waals surface area contributed by atoms with Gasteiger partial charge in [-0.2, -0.15) is 0 Å². The molecule has 2 heterocycles. The van der Waals surface area contributed by atoms with Crippen molar-refractivity contribution in [3.8, 4) is 0 Å². The number of benzene rings is 1. The van der Waals surface area contributed by atoms with Crippen LogP contribution in [0.4, 0.5) is 4.79 Å². The normalized spacial score (nSPS) is 20.3. The van der Waals surface area contributed by atoms with E-state index in [4.69, 9.17) is 4.74 Å². The molecule has 0 saturated carbocycles. The highest BCUT2D eigenvalue weighted by atomic mass is 16.6. The van der Waals surface area contributed by atoms with Gasteiger partial charge in [-0.1, -0.05) is 30.3 Å². The average molecular weight is 330 g/mol. The van der Waals surface area contributed by atoms with E-state index < -0.39 is 0 Å². The number of rotatable bonds is 6. The summed E-state index contributed by atoms with van der Waals surface area (Å²) < 4.78 is 4.95. The van der Waals surface area contributed by atoms with Gasteiger partial charge in [-0.3, -0.25) is 14.5 Å². The van der Waals surface area contributed by atoms with Crippen LogP contribution in [-0.2, 0) is 9.53 Å². The van der Waals surface area contributed by atoms with E-state index in [1.165, 1.54) is 0 Å². The van der Waals surface area contributed by atoms with E-state index in [-0.39, 0.29) is 23.8 Å². The fourth-order valence-electron chi connectivity index (χ4n) is 3.29. The van der Waals surface area contributed by atoms with Crippen molar-refractivity contribution in [2.24, 2.45) is 0 Å². The van der Waals surface area contributed by atoms with Crippen molar-refractivity contribution >= 4 is 17.8 Å². The fourth-order valence-corrected chi connectivity index (χ4v) is 3.29. The molecule has 6 nitrogen and oxygen atoms in total. The van der Waals surface area contributed by atoms with E-state index in [2.05, 4.69) is 0 Å². The van der Waals surface area contributed by atoms with Crippen LogP contribution in [0.1, 0.15) is 36.0 Å². The number of ether oxygens (including phenoxy) is 1. The number of carbonyl (C=O) groups excluding carboxylic acids is 3. The van der Waals surface area contributed by atoms with Crippen LogP contribution in [0.25, 0.3) is 0 Å². The summed E-state index contributed by atoms with van der Waals surface area (Å²) in [6, 6.07) is 9.21. The zero-order chi connectivity index (χ0) is 16.9. The smallest absolute Gasteiger partial charge is 0.410 e. The van der Waals surface area contributed by atoms with Crippen molar-refractivity contribution < 1.29 is 19.1 Å². The van der Waals surface area contributed by atoms with Crippen molar-refractivity contribution in [1.29, 1.82) is 0 Å². The Hall–Kier alpha value is -2.37. The molecule has 1 aromatic rings. The standard InChI is InChI=1S/C18H22N2O4/c21-16(14-5-2-1-3-6-14)7-4-8-17(22)19-10-9-15(13-19)20-11-12-24-18(20)23/h1-3,5-6,15H,4,7-13H2/t15-/m1/s1. The molecule has 24 heavy (non-hydrogen) atoms. The Balaban J connectivity index is 1.41. The summed E-state index contributed by atoms with van der Waals surface area (Å²) in [5, 5.41) is 0. The van der Waals surface area contributed by atoms with E-state index in [0.29, 0.717) is 51.1 Å². The second-order valence-corrected chi connectivity index (χ2v) is 6.23. The highest BCUT2D eigenvalue weighted by Gasteiger charge is 2.35. The Bertz CT molecular complexity index is 617. The molecule has 2 saturated heterocycles. The minimum atomic E-state index is -0.275. The maximum absolute atomic E-state index is 12.3. The summed E-state index contributed by atoms with van der Waals surface area (Å²) in [7, 11) is 0. The number of likely N-dealkylation sites (tertiary alicyclic amines) is 1. The Morgan fingerprint density at radius 3 is 2.62 bits per heavy atom. The molecule has 2 amide bonds. The Labute approximate surface area is 141 Å². The summed E-state index contributed by atoms with van der Waals surface area (Å²) in [6.07, 6.45) is 1.83. The van der Waals surface area contributed by atoms with Gasteiger partial charge in [0.05, 0.1) is 12.6 Å². The first-order valence-electron chi connectivity index (χ1n) is 8.44. The van der Waals surface area contributed by atoms with Crippen molar-refractivity contribution in [1.82, 2.24) is 9.80 Å². The predicted molar refractivity (Wildman–Crippen MR) is 87.7 cm³/mol. The lowest BCUT2D eigenvalue weighted by Crippen LogP contribution is -2.39. The largest absolute Gasteiger partial charge is 0.448 e. The quantitative estimate of drug-likeness (QED) is 0.749. The van der Waals surface area contributed by atoms with Crippen molar-refractivity contribution in [2.75, 3.05) is 26.2 Å². The molecule has 2 aliphatic heterocycles. The first-order valence-corrected chi connectivity index (χ1v) is 8.44. The lowest BCUT2D eigenvalue weighted by atomic mass is 10.1. The highest BCUT2D eigenvalue weighted by Crippen LogP contribution is 2.20. The molecule has 2 aliphatic rings. The predicted octanol–water partition coefficient (Wildman–Crippen LogP) is 2.09. The van der Waals surface area contributed by atoms with Gasteiger partial charge < -0.3 is 9.64 Å². The molecule has 1 aromatic carbocycles. The van der Waals surface area contributed by atoms with Gasteiger partial charge in [0.15, 0.2) is 5.78 Å². The highest BCUT2D eigenvalue weighted by molar-refractivity contribution is 5.96. The minimum absolute atomic E-state index is 0.0610. The lowest BCUT2D eigenvalue weighted by Gasteiger charge is -2.21. The van der Waals surface area contributed by atoms with Crippen LogP contribution in [0.5, 0.6) is 0 Å². The van der Waals surface area contributed by atoms with Crippen LogP contribution in [0.15, 0.2) is 30.3 Å². The number of nitrogens with zero attached hydrogens (tertiary/aromatic N) is 2. The maximum atomic E-state index is 12.3. The van der Waals surface area contributed by atoms with Crippen LogP contribution in [0, 0.1) is 0 Å². The molecule has 0 bridgehead atoms. The summed E-state index contributed by atoms with van der Waals surface area (Å²) in [4.78, 5) is 39.4. The zero-order valence-corrected chi connectivity index (χ0v) is 13.6. The average Bonchev–Trinajstić information content (AvgIpc) is 3.24. The lowest BCUT2D eigenvalue weighted by molar-refractivity contribution is -0.130. The number of carbonyl (C=O) groups is 3. The monoisotopic (exact) mass is 330 g/mol. The molecule has 0 aromatic heterocycles. The van der Waals surface area contributed by atoms with E-state index in [0.717, 1.165) is 6.42 Å². The molecule has 1 atom stereocenters. The van der Waals surface area contributed by atoms with Crippen molar-refractivity contribution in [2.45, 2.75) is 31.7 Å². The first-order chi connectivity index (χ1) is 11.6. The van der Waals surface area contributed by atoms with Gasteiger partial charge in [0.1, 0.15) is 6.61 Å². The molecular weight excluding hydrogens is 308 g/mol. The van der Waals surface area contributed by atoms with E-state index in [9.17, 15) is 14.4 Å². The van der Waals surface area contributed by atoms with Crippen LogP contribution in [0.2, 0.25) is 0 Å². The maximum Gasteiger partial charge on any atom is 0.410 e. The van der Waals surface area contributed by atoms with E-state index >= 15 is 0 Å². The third-order valence-electron chi connectivity index (χ3n) is 4.64. The van der Waals surface area contributed by atoms with Crippen LogP contribution in [-0.4, -0.2) is 59.9 Å². The molecule has 2 fully saturated rings. The minimum Gasteiger partial charge on any atom is -0.448 e. The zero-order valence-electron chi connectivity index (χ0n) is 13.6. The van der Waals surface area contributed by atoms with Crippen LogP contribution < -0.4 is 0 Å². The fraction of sp³-hybridized carbons (Fsp3) is 0.500. The Morgan fingerprint density at radius 1 is 1.12 bits per heavy atom. The SMILES string of the molecule is O=C(CCCC(=O)N1CC[C@@H](N2CCOC2=O)C1)c1ccccc1. The number of hydrogen-bond acceptors (Lipinski definition) is 4. The van der Waals surface area contributed by atoms with Gasteiger partial charge in [-0.15, -0.1) is 0 Å². The second-order valence-electron chi connectivity index (χ2n) is 6.23. The van der Waals surface area contributed by atoms with Crippen LogP contribution >= 0.6 is 0 Å². The molecule has 0 N–H and O–H groups in total. The van der Waals surface area contributed by atoms with Gasteiger partial charge in [-0.05, 0) is 12.8 Å². The Morgan fingerprint density at radius 2 is 1.92 bits per heavy atom. The molecule has 3 rings (SSSR count). The number of ketones is 1. The molecule has 6 heteroatoms. The van der Waals surface area contributed by atoms with E-state index in [1.54, 1.807) is 21.9 Å². The van der Waals surface area contributed by atoms with Gasteiger partial charge in [0, 0.05) is 31.5 Å². The molecule has 0 spiro atoms. The second kappa shape index (κ2) is 7.47. The molecular formula is C18H22N2O4. The third kappa shape index (κ3) is 3.75. The van der Waals surface area contributed by atoms with E-state index in [1.807, 2.05) is 18.2 Å². The Kier molecular flexibility index (Phi) is 5.13. The molecule has 0 aliphatic carbocycles. The van der Waals surface area contributed by atoms with Crippen molar-refractivity contribution in [3.63, 3.8) is 0 Å². The number of Topliss-reactive ketones (excluding diaryl/α,β-unsaturated/α-hetero) is 1. The van der Waals surface area contributed by atoms with Crippen LogP contribution in [0.3, 0.4) is 0 Å². The number of cyclic esters (lactones) is 1.